The van der Waals surface area contributed by atoms with Crippen LogP contribution >= 0.6 is 35.7 Å². The number of aliphatic imine (C=N–C) groups is 1. The maximum Gasteiger partial charge on any atom is 0.193 e. The predicted octanol–water partition coefficient (Wildman–Crippen LogP) is 2.32. The second-order valence-corrected chi connectivity index (χ2v) is 7.51. The van der Waals surface area contributed by atoms with E-state index in [0.717, 1.165) is 44.3 Å². The Balaban J connectivity index is 0.00000242. The largest absolute Gasteiger partial charge is 0.355 e. The summed E-state index contributed by atoms with van der Waals surface area (Å²) in [6.45, 7) is 7.42. The van der Waals surface area contributed by atoms with Crippen molar-refractivity contribution in [2.75, 3.05) is 32.9 Å². The minimum Gasteiger partial charge on any atom is -0.355 e. The molecule has 126 valence electrons. The number of nitrogens with one attached hydrogen (secondary N) is 2. The number of hydrogen-bond donors (Lipinski definition) is 2. The van der Waals surface area contributed by atoms with Gasteiger partial charge in [0.15, 0.2) is 5.96 Å². The molecule has 0 aromatic carbocycles. The van der Waals surface area contributed by atoms with E-state index < -0.39 is 0 Å². The van der Waals surface area contributed by atoms with Crippen molar-refractivity contribution in [3.63, 3.8) is 0 Å². The Kier molecular flexibility index (Phi) is 7.95. The van der Waals surface area contributed by atoms with Gasteiger partial charge in [-0.2, -0.15) is 16.9 Å². The van der Waals surface area contributed by atoms with Crippen molar-refractivity contribution < 1.29 is 0 Å². The first-order chi connectivity index (χ1) is 10.1. The van der Waals surface area contributed by atoms with E-state index in [-0.39, 0.29) is 28.7 Å². The lowest BCUT2D eigenvalue weighted by Gasteiger charge is -2.34. The molecule has 1 aromatic rings. The number of halogens is 1. The third kappa shape index (κ3) is 5.29. The van der Waals surface area contributed by atoms with Crippen molar-refractivity contribution in [2.24, 2.45) is 4.99 Å². The highest BCUT2D eigenvalue weighted by molar-refractivity contribution is 14.0. The third-order valence-corrected chi connectivity index (χ3v) is 5.30. The van der Waals surface area contributed by atoms with Crippen LogP contribution in [-0.2, 0) is 0 Å². The number of piperidine rings is 1. The topological polar surface area (TPSA) is 69.2 Å². The quantitative estimate of drug-likeness (QED) is 0.429. The molecule has 0 saturated carbocycles. The van der Waals surface area contributed by atoms with Crippen molar-refractivity contribution in [3.8, 4) is 0 Å². The van der Waals surface area contributed by atoms with Crippen LogP contribution in [0.5, 0.6) is 0 Å². The summed E-state index contributed by atoms with van der Waals surface area (Å²) >= 11 is 1.87. The molecule has 0 aliphatic carbocycles. The van der Waals surface area contributed by atoms with E-state index in [4.69, 9.17) is 0 Å². The summed E-state index contributed by atoms with van der Waals surface area (Å²) in [6, 6.07) is 0. The number of rotatable bonds is 4. The summed E-state index contributed by atoms with van der Waals surface area (Å²) in [5.74, 6) is 2.51. The van der Waals surface area contributed by atoms with Crippen LogP contribution in [0.3, 0.4) is 0 Å². The number of aromatic amines is 1. The maximum absolute atomic E-state index is 4.42. The molecule has 2 heterocycles. The van der Waals surface area contributed by atoms with Gasteiger partial charge in [-0.05, 0) is 32.9 Å². The Hall–Kier alpha value is -0.510. The van der Waals surface area contributed by atoms with Crippen LogP contribution in [-0.4, -0.2) is 63.7 Å². The Morgan fingerprint density at radius 2 is 2.18 bits per heavy atom. The summed E-state index contributed by atoms with van der Waals surface area (Å²) in [4.78, 5) is 11.0. The molecule has 1 aliphatic heterocycles. The zero-order valence-electron chi connectivity index (χ0n) is 13.8. The summed E-state index contributed by atoms with van der Waals surface area (Å²) in [6.07, 6.45) is 5.91. The molecular weight excluding hydrogens is 411 g/mol. The monoisotopic (exact) mass is 438 g/mol. The maximum atomic E-state index is 4.42. The second-order valence-electron chi connectivity index (χ2n) is 6.00. The van der Waals surface area contributed by atoms with E-state index in [1.165, 1.54) is 0 Å². The molecule has 22 heavy (non-hydrogen) atoms. The van der Waals surface area contributed by atoms with Gasteiger partial charge in [-0.3, -0.25) is 10.1 Å². The van der Waals surface area contributed by atoms with Gasteiger partial charge in [0.1, 0.15) is 12.2 Å². The number of H-pyrrole nitrogens is 1. The van der Waals surface area contributed by atoms with Crippen LogP contribution in [0, 0.1) is 0 Å². The highest BCUT2D eigenvalue weighted by Crippen LogP contribution is 2.25. The number of thioether (sulfide) groups is 1. The lowest BCUT2D eigenvalue weighted by atomic mass is 9.96. The van der Waals surface area contributed by atoms with Crippen molar-refractivity contribution >= 4 is 41.7 Å². The van der Waals surface area contributed by atoms with Crippen LogP contribution in [0.15, 0.2) is 11.3 Å². The fourth-order valence-electron chi connectivity index (χ4n) is 2.47. The lowest BCUT2D eigenvalue weighted by molar-refractivity contribution is 0.298. The number of guanidine groups is 1. The molecule has 0 amide bonds. The Bertz CT molecular complexity index is 454. The highest BCUT2D eigenvalue weighted by atomic mass is 127. The van der Waals surface area contributed by atoms with Crippen LogP contribution < -0.4 is 5.32 Å². The van der Waals surface area contributed by atoms with Crippen LogP contribution in [0.1, 0.15) is 38.4 Å². The fourth-order valence-corrected chi connectivity index (χ4v) is 2.69. The summed E-state index contributed by atoms with van der Waals surface area (Å²) in [5, 5.41) is 10.4. The fraction of sp³-hybridized carbons (Fsp3) is 0.786. The summed E-state index contributed by atoms with van der Waals surface area (Å²) in [7, 11) is 1.86. The first-order valence-corrected chi connectivity index (χ1v) is 8.64. The number of likely N-dealkylation sites (tertiary alicyclic amines) is 1. The highest BCUT2D eigenvalue weighted by Gasteiger charge is 2.25. The minimum absolute atomic E-state index is 0. The Labute approximate surface area is 154 Å². The number of hydrogen-bond acceptors (Lipinski definition) is 4. The lowest BCUT2D eigenvalue weighted by Crippen LogP contribution is -2.48. The van der Waals surface area contributed by atoms with Crippen LogP contribution in [0.25, 0.3) is 0 Å². The molecule has 2 N–H and O–H groups in total. The van der Waals surface area contributed by atoms with Gasteiger partial charge in [0.25, 0.3) is 0 Å². The zero-order chi connectivity index (χ0) is 15.3. The van der Waals surface area contributed by atoms with Crippen LogP contribution in [0.2, 0.25) is 0 Å². The van der Waals surface area contributed by atoms with Gasteiger partial charge in [-0.15, -0.1) is 24.0 Å². The minimum atomic E-state index is 0. The first-order valence-electron chi connectivity index (χ1n) is 7.42. The van der Waals surface area contributed by atoms with Crippen molar-refractivity contribution in [2.45, 2.75) is 37.4 Å². The zero-order valence-corrected chi connectivity index (χ0v) is 16.9. The molecule has 0 unspecified atom stereocenters. The van der Waals surface area contributed by atoms with Gasteiger partial charge in [0, 0.05) is 37.3 Å². The molecule has 1 saturated heterocycles. The molecule has 1 aliphatic rings. The van der Waals surface area contributed by atoms with Gasteiger partial charge in [-0.25, -0.2) is 4.98 Å². The van der Waals surface area contributed by atoms with Gasteiger partial charge in [0.05, 0.1) is 0 Å². The second kappa shape index (κ2) is 8.95. The molecule has 0 bridgehead atoms. The Morgan fingerprint density at radius 1 is 1.50 bits per heavy atom. The molecule has 0 radical (unpaired) electrons. The van der Waals surface area contributed by atoms with Gasteiger partial charge >= 0.3 is 0 Å². The van der Waals surface area contributed by atoms with E-state index in [9.17, 15) is 0 Å². The summed E-state index contributed by atoms with van der Waals surface area (Å²) in [5.41, 5.74) is 0. The first kappa shape index (κ1) is 19.5. The van der Waals surface area contributed by atoms with Gasteiger partial charge in [0.2, 0.25) is 0 Å². The number of nitrogens with zero attached hydrogens (tertiary/aromatic N) is 4. The molecule has 1 aromatic heterocycles. The van der Waals surface area contributed by atoms with E-state index in [2.05, 4.69) is 50.5 Å². The third-order valence-electron chi connectivity index (χ3n) is 4.05. The number of aromatic nitrogens is 3. The molecular formula is C14H27IN6S. The van der Waals surface area contributed by atoms with Gasteiger partial charge in [-0.1, -0.05) is 0 Å². The van der Waals surface area contributed by atoms with Gasteiger partial charge < -0.3 is 10.2 Å². The Morgan fingerprint density at radius 3 is 2.68 bits per heavy atom. The smallest absolute Gasteiger partial charge is 0.193 e. The van der Waals surface area contributed by atoms with Crippen LogP contribution in [0.4, 0.5) is 0 Å². The van der Waals surface area contributed by atoms with Crippen molar-refractivity contribution in [3.05, 3.63) is 12.2 Å². The molecule has 1 fully saturated rings. The van der Waals surface area contributed by atoms with E-state index >= 15 is 0 Å². The summed E-state index contributed by atoms with van der Waals surface area (Å²) < 4.78 is 0.216. The van der Waals surface area contributed by atoms with E-state index in [0.29, 0.717) is 5.92 Å². The SMILES string of the molecule is CN=C(NCC(C)(C)SC)N1CCC(c2ncn[nH]2)CC1.I. The van der Waals surface area contributed by atoms with E-state index in [1.807, 2.05) is 18.8 Å². The van der Waals surface area contributed by atoms with E-state index in [1.54, 1.807) is 6.33 Å². The molecule has 6 nitrogen and oxygen atoms in total. The van der Waals surface area contributed by atoms with Crippen molar-refractivity contribution in [1.82, 2.24) is 25.4 Å². The van der Waals surface area contributed by atoms with Crippen molar-refractivity contribution in [1.29, 1.82) is 0 Å². The molecule has 0 spiro atoms. The standard InChI is InChI=1S/C14H26N6S.HI/c1-14(2,21-4)9-16-13(15-3)20-7-5-11(6-8-20)12-17-10-18-19-12;/h10-11H,5-9H2,1-4H3,(H,15,16)(H,17,18,19);1H. The molecule has 0 atom stereocenters. The molecule has 2 rings (SSSR count). The molecule has 8 heteroatoms. The average Bonchev–Trinajstić information content (AvgIpc) is 3.03. The average molecular weight is 438 g/mol. The predicted molar refractivity (Wildman–Crippen MR) is 104 cm³/mol. The normalized spacial score (nSPS) is 17.3.